The van der Waals surface area contributed by atoms with Crippen LogP contribution in [-0.4, -0.2) is 9.78 Å². The standard InChI is InChI=1S/C14H19FN4/c1-3-12-8-13(19(2)18-12)9-14(17-16)10-5-4-6-11(15)7-10/h4-8,14,17H,3,9,16H2,1-2H3. The van der Waals surface area contributed by atoms with Gasteiger partial charge in [0, 0.05) is 19.2 Å². The van der Waals surface area contributed by atoms with Crippen LogP contribution < -0.4 is 11.3 Å². The first-order valence-corrected chi connectivity index (χ1v) is 6.37. The minimum atomic E-state index is -0.253. The normalized spacial score (nSPS) is 12.6. The third-order valence-electron chi connectivity index (χ3n) is 3.26. The van der Waals surface area contributed by atoms with Gasteiger partial charge in [-0.2, -0.15) is 5.10 Å². The largest absolute Gasteiger partial charge is 0.272 e. The molecule has 0 fully saturated rings. The molecule has 1 heterocycles. The van der Waals surface area contributed by atoms with Crippen molar-refractivity contribution in [1.82, 2.24) is 15.2 Å². The van der Waals surface area contributed by atoms with Crippen LogP contribution in [0.1, 0.15) is 29.9 Å². The van der Waals surface area contributed by atoms with Gasteiger partial charge >= 0.3 is 0 Å². The smallest absolute Gasteiger partial charge is 0.123 e. The predicted molar refractivity (Wildman–Crippen MR) is 72.8 cm³/mol. The van der Waals surface area contributed by atoms with E-state index in [1.165, 1.54) is 12.1 Å². The molecule has 0 spiro atoms. The Kier molecular flexibility index (Phi) is 4.29. The van der Waals surface area contributed by atoms with E-state index in [0.717, 1.165) is 23.4 Å². The Morgan fingerprint density at radius 2 is 2.21 bits per heavy atom. The van der Waals surface area contributed by atoms with Crippen LogP contribution in [0, 0.1) is 5.82 Å². The summed E-state index contributed by atoms with van der Waals surface area (Å²) >= 11 is 0. The van der Waals surface area contributed by atoms with Crippen molar-refractivity contribution in [1.29, 1.82) is 0 Å². The highest BCUT2D eigenvalue weighted by Crippen LogP contribution is 2.19. The Balaban J connectivity index is 2.21. The van der Waals surface area contributed by atoms with E-state index in [1.54, 1.807) is 6.07 Å². The molecule has 5 heteroatoms. The Morgan fingerprint density at radius 3 is 2.79 bits per heavy atom. The van der Waals surface area contributed by atoms with Gasteiger partial charge in [0.05, 0.1) is 11.7 Å². The lowest BCUT2D eigenvalue weighted by Gasteiger charge is -2.16. The maximum Gasteiger partial charge on any atom is 0.123 e. The number of hydrazine groups is 1. The molecule has 0 aliphatic carbocycles. The minimum Gasteiger partial charge on any atom is -0.272 e. The number of aromatic nitrogens is 2. The van der Waals surface area contributed by atoms with Crippen LogP contribution in [0.3, 0.4) is 0 Å². The third kappa shape index (κ3) is 3.19. The summed E-state index contributed by atoms with van der Waals surface area (Å²) in [7, 11) is 1.91. The van der Waals surface area contributed by atoms with Gasteiger partial charge in [-0.25, -0.2) is 4.39 Å². The highest BCUT2D eigenvalue weighted by molar-refractivity contribution is 5.22. The minimum absolute atomic E-state index is 0.129. The number of benzene rings is 1. The topological polar surface area (TPSA) is 55.9 Å². The summed E-state index contributed by atoms with van der Waals surface area (Å²) in [5.41, 5.74) is 5.70. The van der Waals surface area contributed by atoms with Crippen LogP contribution in [0.2, 0.25) is 0 Å². The van der Waals surface area contributed by atoms with Gasteiger partial charge in [-0.05, 0) is 30.2 Å². The average Bonchev–Trinajstić information content (AvgIpc) is 2.76. The second-order valence-electron chi connectivity index (χ2n) is 4.58. The Morgan fingerprint density at radius 1 is 1.42 bits per heavy atom. The van der Waals surface area contributed by atoms with Crippen LogP contribution in [0.5, 0.6) is 0 Å². The Hall–Kier alpha value is -1.72. The number of aryl methyl sites for hydroxylation is 2. The van der Waals surface area contributed by atoms with Gasteiger partial charge in [0.25, 0.3) is 0 Å². The predicted octanol–water partition coefficient (Wildman–Crippen LogP) is 1.87. The molecule has 0 amide bonds. The maximum atomic E-state index is 13.3. The Bertz CT molecular complexity index is 550. The number of hydrogen-bond acceptors (Lipinski definition) is 3. The lowest BCUT2D eigenvalue weighted by atomic mass is 10.0. The van der Waals surface area contributed by atoms with Crippen LogP contribution >= 0.6 is 0 Å². The molecule has 4 nitrogen and oxygen atoms in total. The second kappa shape index (κ2) is 5.95. The lowest BCUT2D eigenvalue weighted by molar-refractivity contribution is 0.525. The summed E-state index contributed by atoms with van der Waals surface area (Å²) in [6.07, 6.45) is 1.57. The van der Waals surface area contributed by atoms with E-state index in [4.69, 9.17) is 5.84 Å². The molecule has 102 valence electrons. The van der Waals surface area contributed by atoms with E-state index in [0.29, 0.717) is 6.42 Å². The first-order chi connectivity index (χ1) is 9.13. The number of nitrogens with one attached hydrogen (secondary N) is 1. The molecular weight excluding hydrogens is 243 g/mol. The second-order valence-corrected chi connectivity index (χ2v) is 4.58. The molecule has 0 bridgehead atoms. The van der Waals surface area contributed by atoms with Crippen LogP contribution in [0.25, 0.3) is 0 Å². The van der Waals surface area contributed by atoms with Crippen molar-refractivity contribution in [2.24, 2.45) is 12.9 Å². The fourth-order valence-corrected chi connectivity index (χ4v) is 2.14. The molecule has 3 N–H and O–H groups in total. The molecule has 0 aliphatic rings. The molecule has 1 aromatic carbocycles. The number of rotatable bonds is 5. The van der Waals surface area contributed by atoms with Crippen molar-refractivity contribution < 1.29 is 4.39 Å². The van der Waals surface area contributed by atoms with Crippen LogP contribution in [-0.2, 0) is 19.9 Å². The highest BCUT2D eigenvalue weighted by atomic mass is 19.1. The summed E-state index contributed by atoms with van der Waals surface area (Å²) in [4.78, 5) is 0. The van der Waals surface area contributed by atoms with Crippen LogP contribution in [0.15, 0.2) is 30.3 Å². The lowest BCUT2D eigenvalue weighted by Crippen LogP contribution is -2.30. The average molecular weight is 262 g/mol. The number of nitrogens with two attached hydrogens (primary N) is 1. The zero-order valence-corrected chi connectivity index (χ0v) is 11.2. The Labute approximate surface area is 112 Å². The van der Waals surface area contributed by atoms with Crippen molar-refractivity contribution in [3.8, 4) is 0 Å². The molecule has 0 radical (unpaired) electrons. The number of nitrogens with zero attached hydrogens (tertiary/aromatic N) is 2. The van der Waals surface area contributed by atoms with Crippen molar-refractivity contribution >= 4 is 0 Å². The molecule has 19 heavy (non-hydrogen) atoms. The summed E-state index contributed by atoms with van der Waals surface area (Å²) in [6, 6.07) is 8.41. The van der Waals surface area contributed by atoms with E-state index >= 15 is 0 Å². The van der Waals surface area contributed by atoms with Gasteiger partial charge < -0.3 is 0 Å². The van der Waals surface area contributed by atoms with Crippen molar-refractivity contribution in [2.45, 2.75) is 25.8 Å². The van der Waals surface area contributed by atoms with E-state index < -0.39 is 0 Å². The van der Waals surface area contributed by atoms with E-state index in [1.807, 2.05) is 17.8 Å². The number of halogens is 1. The zero-order chi connectivity index (χ0) is 13.8. The summed E-state index contributed by atoms with van der Waals surface area (Å²) in [6.45, 7) is 2.07. The van der Waals surface area contributed by atoms with Crippen molar-refractivity contribution in [2.75, 3.05) is 0 Å². The molecule has 1 aromatic heterocycles. The van der Waals surface area contributed by atoms with Gasteiger partial charge in [-0.1, -0.05) is 19.1 Å². The van der Waals surface area contributed by atoms with Crippen LogP contribution in [0.4, 0.5) is 4.39 Å². The number of hydrogen-bond donors (Lipinski definition) is 2. The van der Waals surface area contributed by atoms with E-state index in [-0.39, 0.29) is 11.9 Å². The SMILES string of the molecule is CCc1cc(CC(NN)c2cccc(F)c2)n(C)n1. The monoisotopic (exact) mass is 262 g/mol. The molecule has 1 unspecified atom stereocenters. The highest BCUT2D eigenvalue weighted by Gasteiger charge is 2.14. The van der Waals surface area contributed by atoms with Gasteiger partial charge in [0.15, 0.2) is 0 Å². The van der Waals surface area contributed by atoms with Gasteiger partial charge in [0.2, 0.25) is 0 Å². The fourth-order valence-electron chi connectivity index (χ4n) is 2.14. The van der Waals surface area contributed by atoms with Gasteiger partial charge in [-0.3, -0.25) is 16.0 Å². The maximum absolute atomic E-state index is 13.3. The first kappa shape index (κ1) is 13.7. The quantitative estimate of drug-likeness (QED) is 0.639. The molecule has 0 saturated carbocycles. The van der Waals surface area contributed by atoms with E-state index in [2.05, 4.69) is 23.5 Å². The summed E-state index contributed by atoms with van der Waals surface area (Å²) in [5, 5.41) is 4.40. The summed E-state index contributed by atoms with van der Waals surface area (Å²) in [5.74, 6) is 5.34. The molecule has 0 aliphatic heterocycles. The summed E-state index contributed by atoms with van der Waals surface area (Å²) < 4.78 is 15.1. The van der Waals surface area contributed by atoms with Crippen molar-refractivity contribution in [3.63, 3.8) is 0 Å². The molecule has 0 saturated heterocycles. The van der Waals surface area contributed by atoms with Gasteiger partial charge in [-0.15, -0.1) is 0 Å². The molecule has 1 atom stereocenters. The molecule has 2 rings (SSSR count). The third-order valence-corrected chi connectivity index (χ3v) is 3.26. The first-order valence-electron chi connectivity index (χ1n) is 6.37. The van der Waals surface area contributed by atoms with Gasteiger partial charge in [0.1, 0.15) is 5.82 Å². The fraction of sp³-hybridized carbons (Fsp3) is 0.357. The van der Waals surface area contributed by atoms with E-state index in [9.17, 15) is 4.39 Å². The van der Waals surface area contributed by atoms with Crippen molar-refractivity contribution in [3.05, 3.63) is 53.1 Å². The molecule has 2 aromatic rings. The molecular formula is C14H19FN4. The zero-order valence-electron chi connectivity index (χ0n) is 11.2.